The fraction of sp³-hybridized carbons (Fsp3) is 0.526. The number of anilines is 3. The van der Waals surface area contributed by atoms with Crippen LogP contribution in [0, 0.1) is 6.92 Å². The SMILES string of the molecule is Cc1nc(N2CCN(c3ccc(N4CCOCC4)nn3)CC2)c2cnn(C)c2n1. The Morgan fingerprint density at radius 3 is 2.10 bits per heavy atom. The minimum absolute atomic E-state index is 0.748. The molecule has 0 unspecified atom stereocenters. The molecule has 2 aliphatic heterocycles. The van der Waals surface area contributed by atoms with Crippen LogP contribution in [0.5, 0.6) is 0 Å². The monoisotopic (exact) mass is 395 g/mol. The highest BCUT2D eigenvalue weighted by atomic mass is 16.5. The first kappa shape index (κ1) is 18.0. The first-order chi connectivity index (χ1) is 14.2. The fourth-order valence-corrected chi connectivity index (χ4v) is 3.95. The molecule has 0 N–H and O–H groups in total. The second-order valence-corrected chi connectivity index (χ2v) is 7.42. The third-order valence-corrected chi connectivity index (χ3v) is 5.56. The van der Waals surface area contributed by atoms with Crippen molar-refractivity contribution in [2.75, 3.05) is 67.2 Å². The Hall–Kier alpha value is -3.01. The average Bonchev–Trinajstić information content (AvgIpc) is 3.15. The van der Waals surface area contributed by atoms with Gasteiger partial charge in [-0.1, -0.05) is 0 Å². The van der Waals surface area contributed by atoms with Gasteiger partial charge in [-0.15, -0.1) is 10.2 Å². The number of rotatable bonds is 3. The molecule has 0 atom stereocenters. The number of ether oxygens (including phenoxy) is 1. The largest absolute Gasteiger partial charge is 0.378 e. The molecule has 2 saturated heterocycles. The number of hydrogen-bond acceptors (Lipinski definition) is 9. The van der Waals surface area contributed by atoms with Crippen LogP contribution < -0.4 is 14.7 Å². The Balaban J connectivity index is 1.28. The smallest absolute Gasteiger partial charge is 0.163 e. The molecule has 0 spiro atoms. The van der Waals surface area contributed by atoms with Gasteiger partial charge in [-0.05, 0) is 19.1 Å². The lowest BCUT2D eigenvalue weighted by Crippen LogP contribution is -2.47. The minimum atomic E-state index is 0.748. The number of aryl methyl sites for hydroxylation is 2. The van der Waals surface area contributed by atoms with Crippen LogP contribution in [0.1, 0.15) is 5.82 Å². The molecule has 0 bridgehead atoms. The molecule has 3 aromatic heterocycles. The van der Waals surface area contributed by atoms with E-state index in [0.29, 0.717) is 0 Å². The highest BCUT2D eigenvalue weighted by molar-refractivity contribution is 5.87. The summed E-state index contributed by atoms with van der Waals surface area (Å²) < 4.78 is 7.21. The first-order valence-electron chi connectivity index (χ1n) is 10.0. The van der Waals surface area contributed by atoms with Crippen molar-refractivity contribution in [1.82, 2.24) is 29.9 Å². The van der Waals surface area contributed by atoms with Crippen LogP contribution in [0.3, 0.4) is 0 Å². The topological polar surface area (TPSA) is 88.3 Å². The zero-order valence-corrected chi connectivity index (χ0v) is 16.8. The van der Waals surface area contributed by atoms with Gasteiger partial charge < -0.3 is 19.4 Å². The van der Waals surface area contributed by atoms with E-state index in [-0.39, 0.29) is 0 Å². The van der Waals surface area contributed by atoms with Crippen molar-refractivity contribution in [3.05, 3.63) is 24.2 Å². The molecule has 29 heavy (non-hydrogen) atoms. The molecule has 2 fully saturated rings. The molecule has 5 rings (SSSR count). The third-order valence-electron chi connectivity index (χ3n) is 5.56. The van der Waals surface area contributed by atoms with Crippen LogP contribution in [0.4, 0.5) is 17.5 Å². The quantitative estimate of drug-likeness (QED) is 0.633. The summed E-state index contributed by atoms with van der Waals surface area (Å²) >= 11 is 0. The molecule has 0 amide bonds. The number of piperazine rings is 1. The number of hydrogen-bond donors (Lipinski definition) is 0. The van der Waals surface area contributed by atoms with E-state index in [0.717, 1.165) is 86.8 Å². The van der Waals surface area contributed by atoms with Crippen LogP contribution in [0.25, 0.3) is 11.0 Å². The van der Waals surface area contributed by atoms with Crippen LogP contribution in [-0.4, -0.2) is 82.4 Å². The van der Waals surface area contributed by atoms with Gasteiger partial charge in [-0.2, -0.15) is 5.10 Å². The lowest BCUT2D eigenvalue weighted by atomic mass is 10.2. The van der Waals surface area contributed by atoms with Gasteiger partial charge in [0.1, 0.15) is 11.6 Å². The van der Waals surface area contributed by atoms with Crippen LogP contribution in [-0.2, 0) is 11.8 Å². The summed E-state index contributed by atoms with van der Waals surface area (Å²) in [5.74, 6) is 3.58. The van der Waals surface area contributed by atoms with E-state index in [2.05, 4.69) is 47.1 Å². The molecule has 0 saturated carbocycles. The maximum atomic E-state index is 5.41. The van der Waals surface area contributed by atoms with Crippen molar-refractivity contribution in [3.8, 4) is 0 Å². The van der Waals surface area contributed by atoms with E-state index in [1.807, 2.05) is 20.2 Å². The van der Waals surface area contributed by atoms with E-state index in [1.165, 1.54) is 0 Å². The molecule has 0 aromatic carbocycles. The van der Waals surface area contributed by atoms with Gasteiger partial charge in [0.15, 0.2) is 17.3 Å². The number of morpholine rings is 1. The van der Waals surface area contributed by atoms with Gasteiger partial charge in [0.2, 0.25) is 0 Å². The van der Waals surface area contributed by atoms with E-state index >= 15 is 0 Å². The predicted octanol–water partition coefficient (Wildman–Crippen LogP) is 0.625. The van der Waals surface area contributed by atoms with Crippen LogP contribution >= 0.6 is 0 Å². The third kappa shape index (κ3) is 3.44. The molecule has 152 valence electrons. The standard InChI is InChI=1S/C19H25N9O/c1-14-21-18-15(13-20-25(18)2)19(22-14)28-7-5-26(6-8-28)16-3-4-17(24-23-16)27-9-11-29-12-10-27/h3-4,13H,5-12H2,1-2H3. The minimum Gasteiger partial charge on any atom is -0.378 e. The van der Waals surface area contributed by atoms with Gasteiger partial charge in [-0.3, -0.25) is 4.68 Å². The van der Waals surface area contributed by atoms with E-state index < -0.39 is 0 Å². The molecule has 10 heteroatoms. The van der Waals surface area contributed by atoms with E-state index in [4.69, 9.17) is 9.72 Å². The second kappa shape index (κ2) is 7.43. The van der Waals surface area contributed by atoms with Crippen LogP contribution in [0.15, 0.2) is 18.3 Å². The Morgan fingerprint density at radius 2 is 1.45 bits per heavy atom. The summed E-state index contributed by atoms with van der Waals surface area (Å²) in [4.78, 5) is 16.0. The zero-order chi connectivity index (χ0) is 19.8. The van der Waals surface area contributed by atoms with Crippen LogP contribution in [0.2, 0.25) is 0 Å². The summed E-state index contributed by atoms with van der Waals surface area (Å²) in [5.41, 5.74) is 0.875. The van der Waals surface area contributed by atoms with E-state index in [1.54, 1.807) is 4.68 Å². The Labute approximate surface area is 169 Å². The lowest BCUT2D eigenvalue weighted by Gasteiger charge is -2.36. The molecule has 10 nitrogen and oxygen atoms in total. The molecule has 2 aliphatic rings. The average molecular weight is 395 g/mol. The lowest BCUT2D eigenvalue weighted by molar-refractivity contribution is 0.122. The summed E-state index contributed by atoms with van der Waals surface area (Å²) in [6, 6.07) is 4.13. The normalized spacial score (nSPS) is 17.9. The molecule has 0 radical (unpaired) electrons. The number of nitrogens with zero attached hydrogens (tertiary/aromatic N) is 9. The molecule has 0 aliphatic carbocycles. The van der Waals surface area contributed by atoms with Crippen molar-refractivity contribution in [1.29, 1.82) is 0 Å². The maximum absolute atomic E-state index is 5.41. The highest BCUT2D eigenvalue weighted by Gasteiger charge is 2.23. The van der Waals surface area contributed by atoms with Crippen molar-refractivity contribution >= 4 is 28.5 Å². The van der Waals surface area contributed by atoms with Crippen molar-refractivity contribution in [2.45, 2.75) is 6.92 Å². The number of fused-ring (bicyclic) bond motifs is 1. The summed E-state index contributed by atoms with van der Waals surface area (Å²) in [7, 11) is 1.91. The molecule has 5 heterocycles. The van der Waals surface area contributed by atoms with Gasteiger partial charge >= 0.3 is 0 Å². The Bertz CT molecular complexity index is 989. The molecular formula is C19H25N9O. The second-order valence-electron chi connectivity index (χ2n) is 7.42. The Morgan fingerprint density at radius 1 is 0.828 bits per heavy atom. The first-order valence-corrected chi connectivity index (χ1v) is 10.0. The summed E-state index contributed by atoms with van der Waals surface area (Å²) in [6.45, 7) is 8.64. The van der Waals surface area contributed by atoms with Crippen molar-refractivity contribution in [3.63, 3.8) is 0 Å². The fourth-order valence-electron chi connectivity index (χ4n) is 3.95. The zero-order valence-electron chi connectivity index (χ0n) is 16.8. The molecule has 3 aromatic rings. The van der Waals surface area contributed by atoms with Crippen molar-refractivity contribution < 1.29 is 4.74 Å². The maximum Gasteiger partial charge on any atom is 0.163 e. The van der Waals surface area contributed by atoms with Gasteiger partial charge in [0.25, 0.3) is 0 Å². The van der Waals surface area contributed by atoms with E-state index in [9.17, 15) is 0 Å². The van der Waals surface area contributed by atoms with Gasteiger partial charge in [0, 0.05) is 46.3 Å². The number of aromatic nitrogens is 6. The summed E-state index contributed by atoms with van der Waals surface area (Å²) in [6.07, 6.45) is 1.85. The van der Waals surface area contributed by atoms with Gasteiger partial charge in [-0.25, -0.2) is 9.97 Å². The molecular weight excluding hydrogens is 370 g/mol. The highest BCUT2D eigenvalue weighted by Crippen LogP contribution is 2.25. The summed E-state index contributed by atoms with van der Waals surface area (Å²) in [5, 5.41) is 14.3. The van der Waals surface area contributed by atoms with Gasteiger partial charge in [0.05, 0.1) is 24.8 Å². The Kier molecular flexibility index (Phi) is 4.62. The van der Waals surface area contributed by atoms with Crippen molar-refractivity contribution in [2.24, 2.45) is 7.05 Å². The predicted molar refractivity (Wildman–Crippen MR) is 111 cm³/mol.